The Labute approximate surface area is 101 Å². The SMILES string of the molecule is CNS(=O)(=O)c1ccc(NC(=O)C(F)(F)F)cc1. The number of alkyl halides is 3. The molecule has 0 bridgehead atoms. The van der Waals surface area contributed by atoms with Crippen molar-refractivity contribution in [3.8, 4) is 0 Å². The van der Waals surface area contributed by atoms with Gasteiger partial charge in [0.15, 0.2) is 0 Å². The van der Waals surface area contributed by atoms with E-state index in [0.717, 1.165) is 24.3 Å². The molecule has 0 aromatic heterocycles. The second-order valence-corrected chi connectivity index (χ2v) is 5.07. The maximum atomic E-state index is 11.9. The number of halogens is 3. The summed E-state index contributed by atoms with van der Waals surface area (Å²) in [6.45, 7) is 0. The van der Waals surface area contributed by atoms with E-state index in [0.29, 0.717) is 0 Å². The first kappa shape index (κ1) is 14.5. The number of hydrogen-bond acceptors (Lipinski definition) is 3. The molecule has 0 aliphatic carbocycles. The molecule has 100 valence electrons. The Kier molecular flexibility index (Phi) is 3.97. The van der Waals surface area contributed by atoms with Crippen LogP contribution in [0.3, 0.4) is 0 Å². The van der Waals surface area contributed by atoms with E-state index in [1.165, 1.54) is 7.05 Å². The van der Waals surface area contributed by atoms with Crippen LogP contribution in [0.1, 0.15) is 0 Å². The molecule has 0 heterocycles. The molecule has 0 fully saturated rings. The highest BCUT2D eigenvalue weighted by atomic mass is 32.2. The van der Waals surface area contributed by atoms with Crippen LogP contribution in [0.5, 0.6) is 0 Å². The van der Waals surface area contributed by atoms with Gasteiger partial charge in [-0.1, -0.05) is 0 Å². The lowest BCUT2D eigenvalue weighted by atomic mass is 10.3. The van der Waals surface area contributed by atoms with Crippen LogP contribution in [0.4, 0.5) is 18.9 Å². The van der Waals surface area contributed by atoms with Crippen molar-refractivity contribution in [3.63, 3.8) is 0 Å². The number of nitrogens with one attached hydrogen (secondary N) is 2. The van der Waals surface area contributed by atoms with E-state index < -0.39 is 22.1 Å². The summed E-state index contributed by atoms with van der Waals surface area (Å²) in [5.74, 6) is -2.12. The van der Waals surface area contributed by atoms with Gasteiger partial charge in [-0.3, -0.25) is 4.79 Å². The molecule has 0 aliphatic rings. The highest BCUT2D eigenvalue weighted by Gasteiger charge is 2.38. The molecule has 9 heteroatoms. The Morgan fingerprint density at radius 1 is 1.17 bits per heavy atom. The third kappa shape index (κ3) is 3.44. The predicted octanol–water partition coefficient (Wildman–Crippen LogP) is 1.10. The molecular weight excluding hydrogens is 273 g/mol. The van der Waals surface area contributed by atoms with Crippen molar-refractivity contribution >= 4 is 21.6 Å². The highest BCUT2D eigenvalue weighted by Crippen LogP contribution is 2.19. The minimum atomic E-state index is -4.99. The van der Waals surface area contributed by atoms with Crippen molar-refractivity contribution in [2.75, 3.05) is 12.4 Å². The molecule has 0 spiro atoms. The summed E-state index contributed by atoms with van der Waals surface area (Å²) in [7, 11) is -2.45. The molecular formula is C9H9F3N2O3S. The molecule has 1 rings (SSSR count). The Bertz CT molecular complexity index is 537. The highest BCUT2D eigenvalue weighted by molar-refractivity contribution is 7.89. The van der Waals surface area contributed by atoms with Crippen LogP contribution in [0.2, 0.25) is 0 Å². The van der Waals surface area contributed by atoms with E-state index in [2.05, 4.69) is 0 Å². The molecule has 5 nitrogen and oxygen atoms in total. The topological polar surface area (TPSA) is 75.3 Å². The van der Waals surface area contributed by atoms with Crippen molar-refractivity contribution in [1.29, 1.82) is 0 Å². The van der Waals surface area contributed by atoms with E-state index in [1.807, 2.05) is 4.72 Å². The maximum absolute atomic E-state index is 11.9. The molecule has 1 amide bonds. The van der Waals surface area contributed by atoms with Crippen LogP contribution in [-0.4, -0.2) is 27.5 Å². The van der Waals surface area contributed by atoms with E-state index in [-0.39, 0.29) is 10.6 Å². The zero-order valence-corrected chi connectivity index (χ0v) is 9.89. The van der Waals surface area contributed by atoms with Gasteiger partial charge in [-0.05, 0) is 31.3 Å². The third-order valence-corrected chi connectivity index (χ3v) is 3.38. The number of rotatable bonds is 3. The number of sulfonamides is 1. The van der Waals surface area contributed by atoms with Crippen LogP contribution in [-0.2, 0) is 14.8 Å². The Morgan fingerprint density at radius 2 is 1.67 bits per heavy atom. The number of carbonyl (C=O) groups excluding carboxylic acids is 1. The molecule has 0 atom stereocenters. The third-order valence-electron chi connectivity index (χ3n) is 1.95. The molecule has 0 aliphatic heterocycles. The molecule has 2 N–H and O–H groups in total. The van der Waals surface area contributed by atoms with Crippen LogP contribution in [0.25, 0.3) is 0 Å². The molecule has 0 radical (unpaired) electrons. The smallest absolute Gasteiger partial charge is 0.318 e. The zero-order valence-electron chi connectivity index (χ0n) is 9.08. The fourth-order valence-corrected chi connectivity index (χ4v) is 1.77. The van der Waals surface area contributed by atoms with Crippen molar-refractivity contribution in [2.24, 2.45) is 0 Å². The summed E-state index contributed by atoms with van der Waals surface area (Å²) in [6, 6.07) is 4.29. The lowest BCUT2D eigenvalue weighted by Gasteiger charge is -2.08. The first-order valence-electron chi connectivity index (χ1n) is 4.58. The van der Waals surface area contributed by atoms with Gasteiger partial charge in [-0.15, -0.1) is 0 Å². The Hall–Kier alpha value is -1.61. The second-order valence-electron chi connectivity index (χ2n) is 3.18. The average molecular weight is 282 g/mol. The maximum Gasteiger partial charge on any atom is 0.471 e. The first-order valence-corrected chi connectivity index (χ1v) is 6.07. The molecule has 18 heavy (non-hydrogen) atoms. The summed E-state index contributed by atoms with van der Waals surface area (Å²) >= 11 is 0. The number of carbonyl (C=O) groups is 1. The van der Waals surface area contributed by atoms with E-state index in [1.54, 1.807) is 5.32 Å². The van der Waals surface area contributed by atoms with Gasteiger partial charge in [-0.2, -0.15) is 13.2 Å². The van der Waals surface area contributed by atoms with Crippen molar-refractivity contribution in [2.45, 2.75) is 11.1 Å². The summed E-state index contributed by atoms with van der Waals surface area (Å²) in [5.41, 5.74) is -0.146. The standard InChI is InChI=1S/C9H9F3N2O3S/c1-13-18(16,17)7-4-2-6(3-5-7)14-8(15)9(10,11)12/h2-5,13H,1H3,(H,14,15). The fraction of sp³-hybridized carbons (Fsp3) is 0.222. The quantitative estimate of drug-likeness (QED) is 0.871. The minimum absolute atomic E-state index is 0.116. The average Bonchev–Trinajstić information content (AvgIpc) is 2.28. The molecule has 0 unspecified atom stereocenters. The van der Waals surface area contributed by atoms with Gasteiger partial charge in [0.2, 0.25) is 10.0 Å². The van der Waals surface area contributed by atoms with Crippen LogP contribution in [0.15, 0.2) is 29.2 Å². The summed E-state index contributed by atoms with van der Waals surface area (Å²) in [4.78, 5) is 10.5. The molecule has 0 saturated heterocycles. The molecule has 1 aromatic rings. The Balaban J connectivity index is 2.89. The predicted molar refractivity (Wildman–Crippen MR) is 57.4 cm³/mol. The molecule has 0 saturated carbocycles. The summed E-state index contributed by atoms with van der Waals surface area (Å²) < 4.78 is 60.5. The van der Waals surface area contributed by atoms with Gasteiger partial charge in [0, 0.05) is 5.69 Å². The zero-order chi connectivity index (χ0) is 14.0. The van der Waals surface area contributed by atoms with Crippen LogP contribution in [0, 0.1) is 0 Å². The van der Waals surface area contributed by atoms with Gasteiger partial charge in [-0.25, -0.2) is 13.1 Å². The number of anilines is 1. The first-order chi connectivity index (χ1) is 8.16. The van der Waals surface area contributed by atoms with Crippen molar-refractivity contribution < 1.29 is 26.4 Å². The minimum Gasteiger partial charge on any atom is -0.318 e. The number of amides is 1. The molecule has 1 aromatic carbocycles. The van der Waals surface area contributed by atoms with Crippen LogP contribution < -0.4 is 10.0 Å². The van der Waals surface area contributed by atoms with Gasteiger partial charge in [0.25, 0.3) is 0 Å². The Morgan fingerprint density at radius 3 is 2.06 bits per heavy atom. The number of benzene rings is 1. The van der Waals surface area contributed by atoms with E-state index >= 15 is 0 Å². The van der Waals surface area contributed by atoms with Crippen LogP contribution >= 0.6 is 0 Å². The van der Waals surface area contributed by atoms with Gasteiger partial charge in [0.1, 0.15) is 0 Å². The van der Waals surface area contributed by atoms with Crippen molar-refractivity contribution in [1.82, 2.24) is 4.72 Å². The van der Waals surface area contributed by atoms with Gasteiger partial charge < -0.3 is 5.32 Å². The van der Waals surface area contributed by atoms with E-state index in [9.17, 15) is 26.4 Å². The summed E-state index contributed by atoms with van der Waals surface area (Å²) in [6.07, 6.45) is -4.99. The van der Waals surface area contributed by atoms with Gasteiger partial charge >= 0.3 is 12.1 Å². The van der Waals surface area contributed by atoms with E-state index in [4.69, 9.17) is 0 Å². The monoisotopic (exact) mass is 282 g/mol. The second kappa shape index (κ2) is 4.94. The normalized spacial score (nSPS) is 12.2. The lowest BCUT2D eigenvalue weighted by Crippen LogP contribution is -2.29. The summed E-state index contributed by atoms with van der Waals surface area (Å²) in [5, 5.41) is 1.60. The number of hydrogen-bond donors (Lipinski definition) is 2. The lowest BCUT2D eigenvalue weighted by molar-refractivity contribution is -0.167. The van der Waals surface area contributed by atoms with Crippen molar-refractivity contribution in [3.05, 3.63) is 24.3 Å². The largest absolute Gasteiger partial charge is 0.471 e. The van der Waals surface area contributed by atoms with Gasteiger partial charge in [0.05, 0.1) is 4.90 Å². The fourth-order valence-electron chi connectivity index (χ4n) is 1.04.